The third-order valence-corrected chi connectivity index (χ3v) is 8.73. The Labute approximate surface area is 206 Å². The van der Waals surface area contributed by atoms with E-state index in [0.717, 1.165) is 21.6 Å². The molecule has 3 rings (SSSR count). The summed E-state index contributed by atoms with van der Waals surface area (Å²) in [5, 5.41) is 3.34. The lowest BCUT2D eigenvalue weighted by atomic mass is 10.0. The highest BCUT2D eigenvalue weighted by molar-refractivity contribution is 7.54. The van der Waals surface area contributed by atoms with Crippen LogP contribution in [0.4, 0.5) is 0 Å². The van der Waals surface area contributed by atoms with E-state index in [1.165, 1.54) is 12.0 Å². The molecule has 2 aromatic carbocycles. The van der Waals surface area contributed by atoms with Gasteiger partial charge in [0.1, 0.15) is 6.61 Å². The summed E-state index contributed by atoms with van der Waals surface area (Å²) in [4.78, 5) is 19.2. The Bertz CT molecular complexity index is 1060. The van der Waals surface area contributed by atoms with Crippen LogP contribution in [0.5, 0.6) is 0 Å². The molecule has 0 spiro atoms. The van der Waals surface area contributed by atoms with Crippen molar-refractivity contribution in [3.63, 3.8) is 0 Å². The molecule has 1 atom stereocenters. The van der Waals surface area contributed by atoms with Gasteiger partial charge in [0.2, 0.25) is 5.91 Å². The van der Waals surface area contributed by atoms with Crippen molar-refractivity contribution in [2.75, 3.05) is 19.8 Å². The van der Waals surface area contributed by atoms with E-state index in [2.05, 4.69) is 0 Å². The molecule has 0 aliphatic rings. The van der Waals surface area contributed by atoms with E-state index in [1.54, 1.807) is 25.2 Å². The number of hydrogen-bond acceptors (Lipinski definition) is 6. The summed E-state index contributed by atoms with van der Waals surface area (Å²) >= 11 is 1.62. The summed E-state index contributed by atoms with van der Waals surface area (Å²) in [5.41, 5.74) is 2.26. The van der Waals surface area contributed by atoms with Gasteiger partial charge in [-0.3, -0.25) is 14.2 Å². The third-order valence-electron chi connectivity index (χ3n) is 5.29. The van der Waals surface area contributed by atoms with Crippen molar-refractivity contribution in [3.05, 3.63) is 83.2 Å². The van der Waals surface area contributed by atoms with E-state index in [4.69, 9.17) is 13.9 Å². The highest BCUT2D eigenvalue weighted by Gasteiger charge is 2.38. The zero-order valence-electron chi connectivity index (χ0n) is 19.9. The Balaban J connectivity index is 1.90. The summed E-state index contributed by atoms with van der Waals surface area (Å²) in [6, 6.07) is 21.6. The van der Waals surface area contributed by atoms with Crippen LogP contribution in [0.3, 0.4) is 0 Å². The predicted octanol–water partition coefficient (Wildman–Crippen LogP) is 7.09. The second-order valence-corrected chi connectivity index (χ2v) is 10.8. The average molecular weight is 502 g/mol. The topological polar surface area (TPSA) is 65.1 Å². The van der Waals surface area contributed by atoms with Gasteiger partial charge in [0.15, 0.2) is 0 Å². The number of carbonyl (C=O) groups is 1. The lowest BCUT2D eigenvalue weighted by molar-refractivity contribution is -0.189. The van der Waals surface area contributed by atoms with E-state index in [9.17, 15) is 9.36 Å². The van der Waals surface area contributed by atoms with Crippen molar-refractivity contribution in [2.45, 2.75) is 39.5 Å². The summed E-state index contributed by atoms with van der Waals surface area (Å²) in [6.45, 7) is 6.11. The van der Waals surface area contributed by atoms with Crippen molar-refractivity contribution < 1.29 is 23.2 Å². The van der Waals surface area contributed by atoms with Crippen LogP contribution in [-0.2, 0) is 29.9 Å². The van der Waals surface area contributed by atoms with E-state index < -0.39 is 13.3 Å². The van der Waals surface area contributed by atoms with E-state index in [0.29, 0.717) is 6.42 Å². The molecule has 3 aromatic rings. The van der Waals surface area contributed by atoms with Crippen LogP contribution >= 0.6 is 18.9 Å². The quantitative estimate of drug-likeness (QED) is 0.185. The Morgan fingerprint density at radius 2 is 1.65 bits per heavy atom. The minimum absolute atomic E-state index is 0.219. The molecular weight excluding hydrogens is 469 g/mol. The number of benzene rings is 2. The zero-order valence-corrected chi connectivity index (χ0v) is 21.6. The maximum absolute atomic E-state index is 14.0. The van der Waals surface area contributed by atoms with Crippen molar-refractivity contribution in [1.29, 1.82) is 0 Å². The molecule has 6 nitrogen and oxygen atoms in total. The monoisotopic (exact) mass is 501 g/mol. The van der Waals surface area contributed by atoms with Gasteiger partial charge in [-0.15, -0.1) is 11.3 Å². The number of hydrogen-bond donors (Lipinski definition) is 0. The largest absolute Gasteiger partial charge is 0.338 e. The lowest BCUT2D eigenvalue weighted by Crippen LogP contribution is -2.31. The first kappa shape index (κ1) is 26.3. The lowest BCUT2D eigenvalue weighted by Gasteiger charge is -2.30. The van der Waals surface area contributed by atoms with Gasteiger partial charge in [0, 0.05) is 18.3 Å². The first-order valence-electron chi connectivity index (χ1n) is 11.4. The first-order valence-corrected chi connectivity index (χ1v) is 13.9. The van der Waals surface area contributed by atoms with E-state index in [-0.39, 0.29) is 32.3 Å². The van der Waals surface area contributed by atoms with Gasteiger partial charge in [-0.2, -0.15) is 0 Å². The van der Waals surface area contributed by atoms with Crippen LogP contribution in [0.15, 0.2) is 72.1 Å². The van der Waals surface area contributed by atoms with Gasteiger partial charge in [0.05, 0.1) is 18.9 Å². The van der Waals surface area contributed by atoms with Gasteiger partial charge in [-0.05, 0) is 48.4 Å². The van der Waals surface area contributed by atoms with Crippen LogP contribution in [0, 0.1) is 0 Å². The molecule has 1 heterocycles. The summed E-state index contributed by atoms with van der Waals surface area (Å²) in [6.07, 6.45) is 0.355. The molecule has 1 unspecified atom stereocenters. The fourth-order valence-electron chi connectivity index (χ4n) is 3.78. The molecule has 0 aliphatic carbocycles. The fraction of sp³-hybridized carbons (Fsp3) is 0.346. The van der Waals surface area contributed by atoms with Crippen LogP contribution in [0.2, 0.25) is 0 Å². The maximum atomic E-state index is 14.0. The summed E-state index contributed by atoms with van der Waals surface area (Å²) in [5.74, 6) is -0.219. The number of nitrogens with zero attached hydrogens (tertiary/aromatic N) is 1. The molecule has 0 fully saturated rings. The van der Waals surface area contributed by atoms with Crippen LogP contribution in [-0.4, -0.2) is 30.7 Å². The number of rotatable bonds is 13. The Morgan fingerprint density at radius 3 is 2.26 bits per heavy atom. The van der Waals surface area contributed by atoms with Crippen molar-refractivity contribution in [2.24, 2.45) is 0 Å². The minimum atomic E-state index is -3.53. The summed E-state index contributed by atoms with van der Waals surface area (Å²) in [7, 11) is -3.53. The molecule has 0 bridgehead atoms. The van der Waals surface area contributed by atoms with E-state index in [1.807, 2.05) is 72.1 Å². The first-order chi connectivity index (χ1) is 16.5. The Morgan fingerprint density at radius 1 is 0.971 bits per heavy atom. The number of hydroxylamine groups is 2. The van der Waals surface area contributed by atoms with E-state index >= 15 is 0 Å². The minimum Gasteiger partial charge on any atom is -0.308 e. The molecule has 1 amide bonds. The molecule has 0 saturated carbocycles. The molecule has 1 aromatic heterocycles. The Hall–Kier alpha value is -2.28. The van der Waals surface area contributed by atoms with Crippen molar-refractivity contribution >= 4 is 24.8 Å². The SMILES string of the molecule is CCOP(=O)(OCC)C(CCN(OCc1ccccc1)C(C)=O)c1ccccc1-c1cccs1. The number of thiophene rings is 1. The fourth-order valence-corrected chi connectivity index (χ4v) is 6.71. The van der Waals surface area contributed by atoms with Gasteiger partial charge in [0.25, 0.3) is 0 Å². The van der Waals surface area contributed by atoms with Crippen molar-refractivity contribution in [3.8, 4) is 10.4 Å². The second-order valence-electron chi connectivity index (χ2n) is 7.62. The molecule has 8 heteroatoms. The molecule has 0 N–H and O–H groups in total. The molecule has 0 aliphatic heterocycles. The normalized spacial score (nSPS) is 12.4. The van der Waals surface area contributed by atoms with Crippen LogP contribution in [0.25, 0.3) is 10.4 Å². The zero-order chi connectivity index (χ0) is 24.4. The smallest absolute Gasteiger partial charge is 0.308 e. The van der Waals surface area contributed by atoms with Crippen LogP contribution in [0.1, 0.15) is 44.0 Å². The standard InChI is InChI=1S/C26H32NO5PS/c1-4-31-33(29,32-5-2)25(23-14-9-10-15-24(23)26-16-11-19-34-26)17-18-27(21(3)28)30-20-22-12-7-6-8-13-22/h6-16,19,25H,4-5,17-18,20H2,1-3H3. The van der Waals surface area contributed by atoms with Gasteiger partial charge in [-0.25, -0.2) is 5.06 Å². The number of amides is 1. The third kappa shape index (κ3) is 6.87. The summed E-state index contributed by atoms with van der Waals surface area (Å²) < 4.78 is 25.6. The average Bonchev–Trinajstić information content (AvgIpc) is 3.37. The van der Waals surface area contributed by atoms with Gasteiger partial charge < -0.3 is 9.05 Å². The molecule has 182 valence electrons. The predicted molar refractivity (Wildman–Crippen MR) is 137 cm³/mol. The van der Waals surface area contributed by atoms with Gasteiger partial charge >= 0.3 is 7.60 Å². The molecule has 34 heavy (non-hydrogen) atoms. The Kier molecular flexibility index (Phi) is 10.1. The highest BCUT2D eigenvalue weighted by atomic mass is 32.1. The molecule has 0 radical (unpaired) electrons. The molecular formula is C26H32NO5PS. The number of carbonyl (C=O) groups excluding carboxylic acids is 1. The maximum Gasteiger partial charge on any atom is 0.338 e. The highest BCUT2D eigenvalue weighted by Crippen LogP contribution is 2.63. The van der Waals surface area contributed by atoms with Gasteiger partial charge in [-0.1, -0.05) is 60.7 Å². The molecule has 0 saturated heterocycles. The second kappa shape index (κ2) is 13.0. The van der Waals surface area contributed by atoms with Crippen LogP contribution < -0.4 is 0 Å². The van der Waals surface area contributed by atoms with Crippen molar-refractivity contribution in [1.82, 2.24) is 5.06 Å².